The van der Waals surface area contributed by atoms with Crippen LogP contribution in [0.1, 0.15) is 23.6 Å². The van der Waals surface area contributed by atoms with Crippen LogP contribution in [0.4, 0.5) is 4.79 Å². The molecule has 206 valence electrons. The zero-order valence-electron chi connectivity index (χ0n) is 21.4. The molecule has 1 fully saturated rings. The Morgan fingerprint density at radius 2 is 1.77 bits per heavy atom. The molecule has 12 heteroatoms. The second kappa shape index (κ2) is 11.0. The summed E-state index contributed by atoms with van der Waals surface area (Å²) in [6.45, 7) is 2.98. The van der Waals surface area contributed by atoms with Crippen molar-refractivity contribution in [3.05, 3.63) is 77.4 Å². The second-order valence-corrected chi connectivity index (χ2v) is 11.8. The van der Waals surface area contributed by atoms with E-state index in [-0.39, 0.29) is 22.4 Å². The summed E-state index contributed by atoms with van der Waals surface area (Å²) in [6, 6.07) is 15.0. The molecule has 3 aromatic rings. The van der Waals surface area contributed by atoms with Crippen LogP contribution in [-0.4, -0.2) is 68.5 Å². The van der Waals surface area contributed by atoms with Crippen molar-refractivity contribution in [1.29, 1.82) is 5.41 Å². The zero-order chi connectivity index (χ0) is 28.4. The van der Waals surface area contributed by atoms with E-state index in [4.69, 9.17) is 21.6 Å². The number of amidine groups is 1. The summed E-state index contributed by atoms with van der Waals surface area (Å²) in [4.78, 5) is 23.6. The van der Waals surface area contributed by atoms with Gasteiger partial charge >= 0.3 is 12.1 Å². The predicted molar refractivity (Wildman–Crippen MR) is 146 cm³/mol. The number of sulfone groups is 1. The Hall–Kier alpha value is -4.00. The molecule has 1 aliphatic rings. The summed E-state index contributed by atoms with van der Waals surface area (Å²) in [7, 11) is -4.44. The van der Waals surface area contributed by atoms with Crippen molar-refractivity contribution in [3.63, 3.8) is 0 Å². The van der Waals surface area contributed by atoms with Crippen LogP contribution in [0.15, 0.2) is 65.6 Å². The minimum Gasteiger partial charge on any atom is -0.480 e. The SMILES string of the molecule is CC(OC(=O)N1CCNCC1)(c1ccc(C[C@H](N)C(=O)O)cc1C(=N)N)S(=O)(=O)c1ccc2ccccc2c1. The molecular weight excluding hydrogens is 522 g/mol. The van der Waals surface area contributed by atoms with Gasteiger partial charge < -0.3 is 31.5 Å². The molecule has 11 nitrogen and oxygen atoms in total. The third-order valence-electron chi connectivity index (χ3n) is 6.84. The van der Waals surface area contributed by atoms with Crippen LogP contribution < -0.4 is 16.8 Å². The number of hydrogen-bond acceptors (Lipinski definition) is 8. The first kappa shape index (κ1) is 28.0. The lowest BCUT2D eigenvalue weighted by atomic mass is 9.96. The summed E-state index contributed by atoms with van der Waals surface area (Å²) in [5.74, 6) is -1.69. The highest BCUT2D eigenvalue weighted by Gasteiger charge is 2.48. The molecule has 0 aromatic heterocycles. The number of carbonyl (C=O) groups is 2. The summed E-state index contributed by atoms with van der Waals surface area (Å²) >= 11 is 0. The molecule has 0 saturated carbocycles. The number of ether oxygens (including phenoxy) is 1. The largest absolute Gasteiger partial charge is 0.480 e. The first-order valence-electron chi connectivity index (χ1n) is 12.3. The van der Waals surface area contributed by atoms with Crippen molar-refractivity contribution in [3.8, 4) is 0 Å². The number of carbonyl (C=O) groups excluding carboxylic acids is 1. The molecule has 0 bridgehead atoms. The highest BCUT2D eigenvalue weighted by atomic mass is 32.2. The van der Waals surface area contributed by atoms with Crippen molar-refractivity contribution in [2.45, 2.75) is 29.2 Å². The molecule has 1 amide bonds. The number of rotatable bonds is 8. The normalized spacial score (nSPS) is 16.3. The predicted octanol–water partition coefficient (Wildman–Crippen LogP) is 1.77. The van der Waals surface area contributed by atoms with Crippen LogP contribution in [0.3, 0.4) is 0 Å². The van der Waals surface area contributed by atoms with Crippen LogP contribution in [0.25, 0.3) is 10.8 Å². The Labute approximate surface area is 226 Å². The third-order valence-corrected chi connectivity index (χ3v) is 9.04. The summed E-state index contributed by atoms with van der Waals surface area (Å²) < 4.78 is 34.5. The fourth-order valence-corrected chi connectivity index (χ4v) is 6.20. The Morgan fingerprint density at radius 3 is 2.41 bits per heavy atom. The monoisotopic (exact) mass is 553 g/mol. The number of nitrogens with two attached hydrogens (primary N) is 2. The van der Waals surface area contributed by atoms with Gasteiger partial charge in [-0.1, -0.05) is 42.5 Å². The van der Waals surface area contributed by atoms with E-state index in [2.05, 4.69) is 5.32 Å². The molecule has 1 aliphatic heterocycles. The van der Waals surface area contributed by atoms with Crippen molar-refractivity contribution in [1.82, 2.24) is 10.2 Å². The number of nitrogens with zero attached hydrogens (tertiary/aromatic N) is 1. The van der Waals surface area contributed by atoms with Gasteiger partial charge in [-0.15, -0.1) is 0 Å². The average molecular weight is 554 g/mol. The molecule has 0 aliphatic carbocycles. The van der Waals surface area contributed by atoms with Gasteiger partial charge in [-0.2, -0.15) is 0 Å². The zero-order valence-corrected chi connectivity index (χ0v) is 22.2. The van der Waals surface area contributed by atoms with Gasteiger partial charge in [0.1, 0.15) is 11.9 Å². The van der Waals surface area contributed by atoms with Crippen molar-refractivity contribution < 1.29 is 27.9 Å². The minimum atomic E-state index is -4.44. The number of piperazine rings is 1. The molecule has 1 saturated heterocycles. The van der Waals surface area contributed by atoms with Gasteiger partial charge in [0.2, 0.25) is 14.8 Å². The van der Waals surface area contributed by atoms with Gasteiger partial charge in [0.15, 0.2) is 0 Å². The van der Waals surface area contributed by atoms with E-state index in [1.54, 1.807) is 18.2 Å². The lowest BCUT2D eigenvalue weighted by Gasteiger charge is -2.35. The molecule has 1 unspecified atom stereocenters. The van der Waals surface area contributed by atoms with E-state index >= 15 is 0 Å². The first-order chi connectivity index (χ1) is 18.4. The molecule has 2 atom stereocenters. The van der Waals surface area contributed by atoms with Crippen molar-refractivity contribution in [2.24, 2.45) is 11.5 Å². The molecule has 7 N–H and O–H groups in total. The summed E-state index contributed by atoms with van der Waals surface area (Å²) in [5, 5.41) is 22.0. The molecule has 1 heterocycles. The van der Waals surface area contributed by atoms with E-state index in [0.717, 1.165) is 5.39 Å². The maximum Gasteiger partial charge on any atom is 0.411 e. The van der Waals surface area contributed by atoms with E-state index in [9.17, 15) is 23.1 Å². The van der Waals surface area contributed by atoms with Gasteiger partial charge in [-0.3, -0.25) is 10.2 Å². The first-order valence-corrected chi connectivity index (χ1v) is 13.8. The molecule has 3 aromatic carbocycles. The van der Waals surface area contributed by atoms with Crippen LogP contribution >= 0.6 is 0 Å². The van der Waals surface area contributed by atoms with E-state index in [0.29, 0.717) is 37.1 Å². The van der Waals surface area contributed by atoms with E-state index < -0.39 is 38.7 Å². The van der Waals surface area contributed by atoms with Gasteiger partial charge in [0.25, 0.3) is 0 Å². The van der Waals surface area contributed by atoms with E-state index in [1.807, 2.05) is 12.1 Å². The van der Waals surface area contributed by atoms with Crippen molar-refractivity contribution >= 4 is 38.5 Å². The lowest BCUT2D eigenvalue weighted by molar-refractivity contribution is -0.138. The van der Waals surface area contributed by atoms with Crippen LogP contribution in [0, 0.1) is 5.41 Å². The fraction of sp³-hybridized carbons (Fsp3) is 0.296. The molecular formula is C27H31N5O6S. The van der Waals surface area contributed by atoms with Gasteiger partial charge in [0, 0.05) is 37.3 Å². The Balaban J connectivity index is 1.87. The lowest BCUT2D eigenvalue weighted by Crippen LogP contribution is -2.50. The number of hydrogen-bond donors (Lipinski definition) is 5. The number of nitrogens with one attached hydrogen (secondary N) is 2. The van der Waals surface area contributed by atoms with Crippen LogP contribution in [-0.2, 0) is 30.7 Å². The van der Waals surface area contributed by atoms with Crippen molar-refractivity contribution in [2.75, 3.05) is 26.2 Å². The number of benzene rings is 3. The highest BCUT2D eigenvalue weighted by molar-refractivity contribution is 7.92. The Kier molecular flexibility index (Phi) is 7.91. The number of nitrogen functional groups attached to an aromatic ring is 1. The quantitative estimate of drug-likeness (QED) is 0.204. The van der Waals surface area contributed by atoms with Gasteiger partial charge in [-0.25, -0.2) is 13.2 Å². The maximum atomic E-state index is 14.3. The average Bonchev–Trinajstić information content (AvgIpc) is 2.92. The fourth-order valence-electron chi connectivity index (χ4n) is 4.57. The smallest absolute Gasteiger partial charge is 0.411 e. The van der Waals surface area contributed by atoms with Gasteiger partial charge in [-0.05, 0) is 47.9 Å². The summed E-state index contributed by atoms with van der Waals surface area (Å²) in [6.07, 6.45) is -0.903. The van der Waals surface area contributed by atoms with Gasteiger partial charge in [0.05, 0.1) is 4.90 Å². The molecule has 0 radical (unpaired) electrons. The summed E-state index contributed by atoms with van der Waals surface area (Å²) in [5.41, 5.74) is 12.0. The maximum absolute atomic E-state index is 14.3. The number of carboxylic acid groups (broad SMARTS) is 1. The molecule has 39 heavy (non-hydrogen) atoms. The number of aliphatic carboxylic acids is 1. The number of amides is 1. The van der Waals surface area contributed by atoms with Crippen LogP contribution in [0.2, 0.25) is 0 Å². The topological polar surface area (TPSA) is 189 Å². The molecule has 4 rings (SSSR count). The second-order valence-electron chi connectivity index (χ2n) is 9.51. The standard InChI is InChI=1S/C27H31N5O6S/c1-27(38-26(35)32-12-10-31-11-13-32,39(36,37)20-8-7-18-4-2-3-5-19(18)16-20)22-9-6-17(14-21(22)24(29)30)15-23(28)25(33)34/h2-9,14,16,23,31H,10-13,15,28H2,1H3,(H3,29,30)(H,33,34)/t23-,27?/m0/s1. The van der Waals surface area contributed by atoms with Crippen LogP contribution in [0.5, 0.6) is 0 Å². The van der Waals surface area contributed by atoms with E-state index in [1.165, 1.54) is 42.2 Å². The molecule has 0 spiro atoms. The number of carboxylic acids is 1. The Bertz CT molecular complexity index is 1540. The Morgan fingerprint density at radius 1 is 1.10 bits per heavy atom. The third kappa shape index (κ3) is 5.58. The minimum absolute atomic E-state index is 0.00920. The number of fused-ring (bicyclic) bond motifs is 1. The highest BCUT2D eigenvalue weighted by Crippen LogP contribution is 2.40.